The summed E-state index contributed by atoms with van der Waals surface area (Å²) in [6, 6.07) is 17.2. The van der Waals surface area contributed by atoms with Crippen molar-refractivity contribution < 1.29 is 19.1 Å². The molecule has 0 aliphatic rings. The van der Waals surface area contributed by atoms with Crippen molar-refractivity contribution in [2.75, 3.05) is 7.11 Å². The molecule has 1 amide bonds. The molecule has 1 heterocycles. The zero-order chi connectivity index (χ0) is 21.2. The number of carbonyl (C=O) groups excluding carboxylic acids is 2. The number of rotatable bonds is 7. The smallest absolute Gasteiger partial charge is 0.336 e. The lowest BCUT2D eigenvalue weighted by atomic mass is 10.2. The van der Waals surface area contributed by atoms with Crippen LogP contribution in [0.25, 0.3) is 6.08 Å². The molecule has 1 aromatic heterocycles. The van der Waals surface area contributed by atoms with Crippen molar-refractivity contribution in [1.29, 1.82) is 0 Å². The fourth-order valence-electron chi connectivity index (χ4n) is 2.38. The van der Waals surface area contributed by atoms with E-state index in [0.717, 1.165) is 16.9 Å². The van der Waals surface area contributed by atoms with Gasteiger partial charge in [0.25, 0.3) is 5.91 Å². The Morgan fingerprint density at radius 3 is 2.20 bits per heavy atom. The van der Waals surface area contributed by atoms with Crippen molar-refractivity contribution in [3.8, 4) is 11.5 Å². The first-order valence-electron chi connectivity index (χ1n) is 9.01. The number of benzene rings is 2. The second-order valence-corrected chi connectivity index (χ2v) is 6.03. The number of methoxy groups -OCH3 is 1. The molecule has 0 bridgehead atoms. The molecule has 0 unspecified atom stereocenters. The van der Waals surface area contributed by atoms with Crippen LogP contribution in [-0.4, -0.2) is 30.2 Å². The number of hydrogen-bond donors (Lipinski definition) is 1. The first-order chi connectivity index (χ1) is 14.6. The maximum atomic E-state index is 12.0. The Morgan fingerprint density at radius 2 is 1.53 bits per heavy atom. The van der Waals surface area contributed by atoms with E-state index >= 15 is 0 Å². The van der Waals surface area contributed by atoms with Gasteiger partial charge >= 0.3 is 5.97 Å². The third-order valence-corrected chi connectivity index (χ3v) is 3.95. The van der Waals surface area contributed by atoms with Gasteiger partial charge in [-0.15, -0.1) is 0 Å². The monoisotopic (exact) mass is 401 g/mol. The van der Waals surface area contributed by atoms with Gasteiger partial charge in [-0.1, -0.05) is 12.1 Å². The van der Waals surface area contributed by atoms with Gasteiger partial charge in [-0.2, -0.15) is 5.10 Å². The fraction of sp³-hybridized carbons (Fsp3) is 0.0435. The van der Waals surface area contributed by atoms with Crippen molar-refractivity contribution in [2.45, 2.75) is 0 Å². The normalized spacial score (nSPS) is 10.8. The Morgan fingerprint density at radius 1 is 0.900 bits per heavy atom. The van der Waals surface area contributed by atoms with E-state index in [9.17, 15) is 9.59 Å². The van der Waals surface area contributed by atoms with E-state index in [1.807, 2.05) is 24.3 Å². The summed E-state index contributed by atoms with van der Waals surface area (Å²) in [5.74, 6) is 0.326. The molecule has 3 rings (SSSR count). The van der Waals surface area contributed by atoms with Crippen molar-refractivity contribution in [1.82, 2.24) is 10.4 Å². The number of ether oxygens (including phenoxy) is 2. The van der Waals surface area contributed by atoms with Crippen molar-refractivity contribution in [3.05, 3.63) is 95.8 Å². The highest BCUT2D eigenvalue weighted by Crippen LogP contribution is 2.14. The predicted molar refractivity (Wildman–Crippen MR) is 113 cm³/mol. The molecule has 30 heavy (non-hydrogen) atoms. The minimum absolute atomic E-state index is 0.331. The average Bonchev–Trinajstić information content (AvgIpc) is 2.79. The lowest BCUT2D eigenvalue weighted by molar-refractivity contribution is -0.128. The predicted octanol–water partition coefficient (Wildman–Crippen LogP) is 3.47. The molecule has 7 heteroatoms. The fourth-order valence-corrected chi connectivity index (χ4v) is 2.38. The van der Waals surface area contributed by atoms with Gasteiger partial charge in [-0.3, -0.25) is 9.78 Å². The third-order valence-electron chi connectivity index (χ3n) is 3.95. The maximum absolute atomic E-state index is 12.0. The van der Waals surface area contributed by atoms with Crippen molar-refractivity contribution >= 4 is 24.2 Å². The molecule has 0 aliphatic heterocycles. The molecule has 0 spiro atoms. The van der Waals surface area contributed by atoms with Crippen LogP contribution in [0.15, 0.2) is 84.2 Å². The number of carbonyl (C=O) groups is 2. The first-order valence-corrected chi connectivity index (χ1v) is 9.01. The molecule has 0 aliphatic carbocycles. The number of esters is 1. The molecule has 3 aromatic rings. The summed E-state index contributed by atoms with van der Waals surface area (Å²) in [5.41, 5.74) is 4.49. The van der Waals surface area contributed by atoms with Gasteiger partial charge in [0, 0.05) is 24.0 Å². The van der Waals surface area contributed by atoms with E-state index in [0.29, 0.717) is 11.3 Å². The van der Waals surface area contributed by atoms with E-state index in [2.05, 4.69) is 15.5 Å². The Hall–Kier alpha value is -4.26. The second-order valence-electron chi connectivity index (χ2n) is 6.03. The Labute approximate surface area is 173 Å². The van der Waals surface area contributed by atoms with Crippen molar-refractivity contribution in [2.24, 2.45) is 5.10 Å². The minimum atomic E-state index is -0.489. The summed E-state index contributed by atoms with van der Waals surface area (Å²) < 4.78 is 10.4. The highest BCUT2D eigenvalue weighted by molar-refractivity contribution is 5.94. The molecule has 0 radical (unpaired) electrons. The zero-order valence-corrected chi connectivity index (χ0v) is 16.2. The van der Waals surface area contributed by atoms with Crippen LogP contribution >= 0.6 is 0 Å². The Kier molecular flexibility index (Phi) is 7.05. The molecule has 2 aromatic carbocycles. The molecule has 0 atom stereocenters. The lowest BCUT2D eigenvalue weighted by Gasteiger charge is -2.02. The quantitative estimate of drug-likeness (QED) is 0.215. The Balaban J connectivity index is 1.50. The number of nitrogens with zero attached hydrogens (tertiary/aromatic N) is 2. The summed E-state index contributed by atoms with van der Waals surface area (Å²) in [4.78, 5) is 27.7. The molecule has 0 saturated carbocycles. The van der Waals surface area contributed by atoms with E-state index in [1.165, 1.54) is 24.7 Å². The summed E-state index contributed by atoms with van der Waals surface area (Å²) >= 11 is 0. The van der Waals surface area contributed by atoms with E-state index in [1.54, 1.807) is 49.6 Å². The molecule has 0 fully saturated rings. The van der Waals surface area contributed by atoms with Gasteiger partial charge in [-0.05, 0) is 65.7 Å². The van der Waals surface area contributed by atoms with Gasteiger partial charge < -0.3 is 9.47 Å². The molecule has 0 saturated heterocycles. The van der Waals surface area contributed by atoms with Crippen LogP contribution in [0, 0.1) is 0 Å². The topological polar surface area (TPSA) is 89.9 Å². The van der Waals surface area contributed by atoms with Gasteiger partial charge in [0.05, 0.1) is 13.3 Å². The summed E-state index contributed by atoms with van der Waals surface area (Å²) in [6.45, 7) is 0. The average molecular weight is 401 g/mol. The van der Waals surface area contributed by atoms with Crippen LogP contribution in [0.5, 0.6) is 11.5 Å². The second kappa shape index (κ2) is 10.3. The SMILES string of the molecule is COc1ccc(/C=C/C(=O)Oc2ccc(/C=N\NC(=O)c3ccncc3)cc2)cc1. The number of nitrogens with one attached hydrogen (secondary N) is 1. The van der Waals surface area contributed by atoms with Crippen LogP contribution in [0.3, 0.4) is 0 Å². The highest BCUT2D eigenvalue weighted by Gasteiger charge is 2.03. The van der Waals surface area contributed by atoms with Crippen LogP contribution in [-0.2, 0) is 4.79 Å². The van der Waals surface area contributed by atoms with E-state index < -0.39 is 5.97 Å². The number of hydrogen-bond acceptors (Lipinski definition) is 6. The van der Waals surface area contributed by atoms with Crippen LogP contribution in [0.1, 0.15) is 21.5 Å². The number of aromatic nitrogens is 1. The molecule has 1 N–H and O–H groups in total. The summed E-state index contributed by atoms with van der Waals surface area (Å²) in [5, 5.41) is 3.91. The molecular weight excluding hydrogens is 382 g/mol. The number of hydrazone groups is 1. The molecule has 7 nitrogen and oxygen atoms in total. The van der Waals surface area contributed by atoms with E-state index in [4.69, 9.17) is 9.47 Å². The first kappa shape index (κ1) is 20.5. The minimum Gasteiger partial charge on any atom is -0.497 e. The van der Waals surface area contributed by atoms with Gasteiger partial charge in [-0.25, -0.2) is 10.2 Å². The Bertz CT molecular complexity index is 1040. The maximum Gasteiger partial charge on any atom is 0.336 e. The summed E-state index contributed by atoms with van der Waals surface area (Å²) in [6.07, 6.45) is 7.57. The largest absolute Gasteiger partial charge is 0.497 e. The molecular formula is C23H19N3O4. The van der Waals surface area contributed by atoms with Crippen LogP contribution < -0.4 is 14.9 Å². The van der Waals surface area contributed by atoms with Crippen LogP contribution in [0.2, 0.25) is 0 Å². The lowest BCUT2D eigenvalue weighted by Crippen LogP contribution is -2.17. The van der Waals surface area contributed by atoms with Crippen molar-refractivity contribution in [3.63, 3.8) is 0 Å². The standard InChI is InChI=1S/C23H19N3O4/c1-29-20-7-2-17(3-8-20)6-11-22(27)30-21-9-4-18(5-10-21)16-25-26-23(28)19-12-14-24-15-13-19/h2-16H,1H3,(H,26,28)/b11-6+,25-16-. The van der Waals surface area contributed by atoms with Crippen LogP contribution in [0.4, 0.5) is 0 Å². The summed E-state index contributed by atoms with van der Waals surface area (Å²) in [7, 11) is 1.60. The van der Waals surface area contributed by atoms with Gasteiger partial charge in [0.1, 0.15) is 11.5 Å². The highest BCUT2D eigenvalue weighted by atomic mass is 16.5. The zero-order valence-electron chi connectivity index (χ0n) is 16.2. The number of amides is 1. The van der Waals surface area contributed by atoms with Gasteiger partial charge in [0.15, 0.2) is 0 Å². The molecule has 150 valence electrons. The number of pyridine rings is 1. The third kappa shape index (κ3) is 6.13. The van der Waals surface area contributed by atoms with E-state index in [-0.39, 0.29) is 5.91 Å². The van der Waals surface area contributed by atoms with Gasteiger partial charge in [0.2, 0.25) is 0 Å².